The first kappa shape index (κ1) is 8.30. The molecule has 0 aliphatic heterocycles. The van der Waals surface area contributed by atoms with E-state index in [1.807, 2.05) is 0 Å². The Kier molecular flexibility index (Phi) is 2.68. The number of aromatic nitrogens is 1. The maximum atomic E-state index is 8.27. The Balaban J connectivity index is 3.14. The average Bonchev–Trinajstić information content (AvgIpc) is 2.04. The van der Waals surface area contributed by atoms with E-state index >= 15 is 0 Å². The third-order valence-electron chi connectivity index (χ3n) is 1.04. The van der Waals surface area contributed by atoms with E-state index in [1.165, 1.54) is 6.20 Å². The largest absolute Gasteiger partial charge is 0.410 e. The van der Waals surface area contributed by atoms with Crippen LogP contribution >= 0.6 is 23.2 Å². The second-order valence-corrected chi connectivity index (χ2v) is 2.49. The Morgan fingerprint density at radius 3 is 2.91 bits per heavy atom. The summed E-state index contributed by atoms with van der Waals surface area (Å²) in [5.74, 6) is 0. The van der Waals surface area contributed by atoms with Crippen LogP contribution in [-0.4, -0.2) is 15.4 Å². The van der Waals surface area contributed by atoms with Gasteiger partial charge in [-0.25, -0.2) is 0 Å². The molecule has 1 heterocycles. The van der Waals surface area contributed by atoms with Gasteiger partial charge in [-0.3, -0.25) is 4.98 Å². The molecule has 0 aliphatic carbocycles. The van der Waals surface area contributed by atoms with Crippen molar-refractivity contribution >= 4 is 28.4 Å². The van der Waals surface area contributed by atoms with Crippen molar-refractivity contribution in [2.45, 2.75) is 0 Å². The molecule has 5 heteroatoms. The molecule has 1 N–H and O–H groups in total. The minimum Gasteiger partial charge on any atom is -0.410 e. The molecule has 0 atom stereocenters. The van der Waals surface area contributed by atoms with Crippen LogP contribution in [0.25, 0.3) is 0 Å². The lowest BCUT2D eigenvalue weighted by atomic mass is 10.4. The highest BCUT2D eigenvalue weighted by molar-refractivity contribution is 6.70. The number of halogens is 2. The molecule has 0 radical (unpaired) electrons. The Morgan fingerprint density at radius 2 is 2.36 bits per heavy atom. The molecule has 0 saturated heterocycles. The summed E-state index contributed by atoms with van der Waals surface area (Å²) in [4.78, 5) is 3.79. The van der Waals surface area contributed by atoms with Crippen LogP contribution in [0.1, 0.15) is 5.69 Å². The first-order chi connectivity index (χ1) is 5.25. The number of pyridine rings is 1. The van der Waals surface area contributed by atoms with Crippen LogP contribution in [-0.2, 0) is 0 Å². The van der Waals surface area contributed by atoms with E-state index in [2.05, 4.69) is 10.1 Å². The van der Waals surface area contributed by atoms with E-state index < -0.39 is 0 Å². The molecule has 0 aliphatic rings. The zero-order chi connectivity index (χ0) is 8.27. The van der Waals surface area contributed by atoms with Crippen LogP contribution < -0.4 is 0 Å². The molecule has 11 heavy (non-hydrogen) atoms. The molecular weight excluding hydrogens is 187 g/mol. The minimum atomic E-state index is -0.115. The normalized spacial score (nSPS) is 11.6. The summed E-state index contributed by atoms with van der Waals surface area (Å²) < 4.78 is 0. The molecule has 3 nitrogen and oxygen atoms in total. The summed E-state index contributed by atoms with van der Waals surface area (Å²) in [5.41, 5.74) is 0.276. The van der Waals surface area contributed by atoms with Crippen molar-refractivity contribution in [1.29, 1.82) is 0 Å². The Bertz CT molecular complexity index is 288. The molecular formula is C6H4Cl2N2O. The number of oxime groups is 1. The average molecular weight is 191 g/mol. The van der Waals surface area contributed by atoms with E-state index in [1.54, 1.807) is 12.1 Å². The fourth-order valence-electron chi connectivity index (χ4n) is 0.585. The van der Waals surface area contributed by atoms with Crippen LogP contribution in [0.3, 0.4) is 0 Å². The van der Waals surface area contributed by atoms with Crippen molar-refractivity contribution in [3.05, 3.63) is 29.0 Å². The predicted molar refractivity (Wildman–Crippen MR) is 43.4 cm³/mol. The quantitative estimate of drug-likeness (QED) is 0.419. The van der Waals surface area contributed by atoms with E-state index in [0.717, 1.165) is 0 Å². The van der Waals surface area contributed by atoms with Gasteiger partial charge in [0, 0.05) is 6.20 Å². The smallest absolute Gasteiger partial charge is 0.195 e. The molecule has 0 unspecified atom stereocenters. The highest BCUT2D eigenvalue weighted by Gasteiger charge is 2.05. The van der Waals surface area contributed by atoms with Gasteiger partial charge in [-0.15, -0.1) is 0 Å². The summed E-state index contributed by atoms with van der Waals surface area (Å²) in [6.07, 6.45) is 1.51. The topological polar surface area (TPSA) is 45.5 Å². The second-order valence-electron chi connectivity index (χ2n) is 1.72. The zero-order valence-corrected chi connectivity index (χ0v) is 6.84. The van der Waals surface area contributed by atoms with Gasteiger partial charge in [0.25, 0.3) is 0 Å². The molecule has 0 fully saturated rings. The Labute approximate surface area is 73.3 Å². The lowest BCUT2D eigenvalue weighted by molar-refractivity contribution is 0.320. The Hall–Kier alpha value is -0.800. The summed E-state index contributed by atoms with van der Waals surface area (Å²) >= 11 is 11.1. The summed E-state index contributed by atoms with van der Waals surface area (Å²) in [6, 6.07) is 3.27. The van der Waals surface area contributed by atoms with Crippen molar-refractivity contribution in [3.8, 4) is 0 Å². The first-order valence-electron chi connectivity index (χ1n) is 2.74. The highest BCUT2D eigenvalue weighted by atomic mass is 35.5. The third kappa shape index (κ3) is 1.82. The monoisotopic (exact) mass is 190 g/mol. The summed E-state index contributed by atoms with van der Waals surface area (Å²) in [6.45, 7) is 0. The number of hydrogen-bond acceptors (Lipinski definition) is 3. The van der Waals surface area contributed by atoms with Gasteiger partial charge in [-0.2, -0.15) is 0 Å². The zero-order valence-electron chi connectivity index (χ0n) is 5.33. The Morgan fingerprint density at radius 1 is 1.64 bits per heavy atom. The van der Waals surface area contributed by atoms with E-state index in [9.17, 15) is 0 Å². The van der Waals surface area contributed by atoms with E-state index in [-0.39, 0.29) is 10.9 Å². The molecule has 1 aromatic rings. The first-order valence-corrected chi connectivity index (χ1v) is 3.49. The lowest BCUT2D eigenvalue weighted by Crippen LogP contribution is -1.95. The molecule has 0 aromatic carbocycles. The lowest BCUT2D eigenvalue weighted by Gasteiger charge is -1.96. The van der Waals surface area contributed by atoms with Crippen LogP contribution in [0.15, 0.2) is 23.5 Å². The number of rotatable bonds is 1. The predicted octanol–water partition coefficient (Wildman–Crippen LogP) is 2.11. The molecule has 0 amide bonds. The van der Waals surface area contributed by atoms with Gasteiger partial charge in [-0.1, -0.05) is 28.4 Å². The van der Waals surface area contributed by atoms with Gasteiger partial charge in [0.05, 0.1) is 5.02 Å². The van der Waals surface area contributed by atoms with Gasteiger partial charge in [0.2, 0.25) is 0 Å². The molecule has 0 spiro atoms. The minimum absolute atomic E-state index is 0.115. The van der Waals surface area contributed by atoms with Gasteiger partial charge in [0.1, 0.15) is 5.69 Å². The van der Waals surface area contributed by atoms with Gasteiger partial charge in [-0.05, 0) is 12.1 Å². The molecule has 1 aromatic heterocycles. The van der Waals surface area contributed by atoms with Crippen molar-refractivity contribution in [1.82, 2.24) is 4.98 Å². The van der Waals surface area contributed by atoms with Gasteiger partial charge >= 0.3 is 0 Å². The van der Waals surface area contributed by atoms with Crippen molar-refractivity contribution in [3.63, 3.8) is 0 Å². The molecule has 58 valence electrons. The van der Waals surface area contributed by atoms with Crippen LogP contribution in [0, 0.1) is 0 Å². The number of hydrogen-bond donors (Lipinski definition) is 1. The highest BCUT2D eigenvalue weighted by Crippen LogP contribution is 2.14. The van der Waals surface area contributed by atoms with Crippen LogP contribution in [0.2, 0.25) is 5.02 Å². The fourth-order valence-corrected chi connectivity index (χ4v) is 0.995. The van der Waals surface area contributed by atoms with Crippen molar-refractivity contribution in [2.24, 2.45) is 5.16 Å². The third-order valence-corrected chi connectivity index (χ3v) is 1.60. The van der Waals surface area contributed by atoms with Crippen molar-refractivity contribution < 1.29 is 5.21 Å². The SMILES string of the molecule is O/N=C(\Cl)c1ncccc1Cl. The van der Waals surface area contributed by atoms with Crippen molar-refractivity contribution in [2.75, 3.05) is 0 Å². The van der Waals surface area contributed by atoms with Crippen LogP contribution in [0.5, 0.6) is 0 Å². The van der Waals surface area contributed by atoms with Gasteiger partial charge in [0.15, 0.2) is 5.17 Å². The van der Waals surface area contributed by atoms with E-state index in [4.69, 9.17) is 28.4 Å². The maximum Gasteiger partial charge on any atom is 0.195 e. The van der Waals surface area contributed by atoms with Crippen LogP contribution in [0.4, 0.5) is 0 Å². The van der Waals surface area contributed by atoms with E-state index in [0.29, 0.717) is 5.02 Å². The number of nitrogens with zero attached hydrogens (tertiary/aromatic N) is 2. The maximum absolute atomic E-state index is 8.27. The standard InChI is InChI=1S/C6H4Cl2N2O/c7-4-2-1-3-9-5(4)6(8)10-11/h1-3,11H/b10-6-. The van der Waals surface area contributed by atoms with Gasteiger partial charge < -0.3 is 5.21 Å². The molecule has 0 saturated carbocycles. The summed E-state index contributed by atoms with van der Waals surface area (Å²) in [5, 5.41) is 11.3. The summed E-state index contributed by atoms with van der Waals surface area (Å²) in [7, 11) is 0. The fraction of sp³-hybridized carbons (Fsp3) is 0. The second kappa shape index (κ2) is 3.55. The molecule has 1 rings (SSSR count). The molecule has 0 bridgehead atoms.